The minimum atomic E-state index is -0.192. The molecule has 0 aliphatic carbocycles. The molecule has 2 nitrogen and oxygen atoms in total. The summed E-state index contributed by atoms with van der Waals surface area (Å²) in [4.78, 5) is 0. The molecule has 0 unspecified atom stereocenters. The van der Waals surface area contributed by atoms with Crippen LogP contribution in [-0.2, 0) is 5.75 Å². The van der Waals surface area contributed by atoms with Crippen LogP contribution in [0.4, 0.5) is 10.1 Å². The molecule has 2 rings (SSSR count). The predicted molar refractivity (Wildman–Crippen MR) is 103 cm³/mol. The number of halogens is 2. The van der Waals surface area contributed by atoms with Crippen LogP contribution < -0.4 is 10.6 Å². The van der Waals surface area contributed by atoms with E-state index in [1.165, 1.54) is 12.1 Å². The molecular weight excluding hydrogens is 351 g/mol. The van der Waals surface area contributed by atoms with Gasteiger partial charge >= 0.3 is 0 Å². The van der Waals surface area contributed by atoms with E-state index in [-0.39, 0.29) is 5.82 Å². The lowest BCUT2D eigenvalue weighted by Crippen LogP contribution is -2.29. The van der Waals surface area contributed by atoms with E-state index < -0.39 is 0 Å². The number of nitrogens with one attached hydrogen (secondary N) is 2. The van der Waals surface area contributed by atoms with E-state index in [0.717, 1.165) is 35.7 Å². The monoisotopic (exact) mass is 368 g/mol. The van der Waals surface area contributed by atoms with Crippen LogP contribution in [0.3, 0.4) is 0 Å². The van der Waals surface area contributed by atoms with Crippen molar-refractivity contribution in [1.82, 2.24) is 5.32 Å². The topological polar surface area (TPSA) is 24.1 Å². The van der Waals surface area contributed by atoms with Crippen LogP contribution >= 0.6 is 35.6 Å². The van der Waals surface area contributed by atoms with Gasteiger partial charge in [-0.05, 0) is 54.2 Å². The van der Waals surface area contributed by atoms with E-state index in [0.29, 0.717) is 10.1 Å². The van der Waals surface area contributed by atoms with Gasteiger partial charge in [-0.3, -0.25) is 0 Å². The molecule has 0 atom stereocenters. The van der Waals surface area contributed by atoms with Gasteiger partial charge in [0, 0.05) is 12.3 Å². The van der Waals surface area contributed by atoms with Crippen LogP contribution in [0, 0.1) is 5.82 Å². The number of anilines is 1. The average molecular weight is 369 g/mol. The first-order chi connectivity index (χ1) is 11.1. The summed E-state index contributed by atoms with van der Waals surface area (Å²) in [6.45, 7) is 0.798. The minimum absolute atomic E-state index is 0.192. The maximum Gasteiger partial charge on any atom is 0.170 e. The molecule has 0 fully saturated rings. The Morgan fingerprint density at radius 2 is 1.87 bits per heavy atom. The molecule has 23 heavy (non-hydrogen) atoms. The Morgan fingerprint density at radius 3 is 2.61 bits per heavy atom. The number of hydrogen-bond acceptors (Lipinski definition) is 2. The molecule has 0 spiro atoms. The highest BCUT2D eigenvalue weighted by atomic mass is 35.5. The van der Waals surface area contributed by atoms with E-state index in [1.807, 2.05) is 48.2 Å². The molecule has 0 saturated carbocycles. The van der Waals surface area contributed by atoms with Crippen LogP contribution in [0.5, 0.6) is 0 Å². The molecule has 0 amide bonds. The van der Waals surface area contributed by atoms with Crippen molar-refractivity contribution in [2.24, 2.45) is 0 Å². The fourth-order valence-electron chi connectivity index (χ4n) is 1.88. The Balaban J connectivity index is 1.57. The highest BCUT2D eigenvalue weighted by Gasteiger charge is 2.01. The molecule has 0 heterocycles. The van der Waals surface area contributed by atoms with Crippen molar-refractivity contribution in [2.45, 2.75) is 12.2 Å². The number of hydrogen-bond donors (Lipinski definition) is 2. The highest BCUT2D eigenvalue weighted by molar-refractivity contribution is 7.98. The van der Waals surface area contributed by atoms with Crippen molar-refractivity contribution in [3.63, 3.8) is 0 Å². The fraction of sp³-hybridized carbons (Fsp3) is 0.235. The highest BCUT2D eigenvalue weighted by Crippen LogP contribution is 2.20. The first-order valence-corrected chi connectivity index (χ1v) is 9.21. The molecule has 0 radical (unpaired) electrons. The molecule has 2 N–H and O–H groups in total. The van der Waals surface area contributed by atoms with Gasteiger partial charge < -0.3 is 10.6 Å². The van der Waals surface area contributed by atoms with E-state index in [9.17, 15) is 4.39 Å². The Bertz CT molecular complexity index is 635. The van der Waals surface area contributed by atoms with Crippen LogP contribution in [0.25, 0.3) is 0 Å². The van der Waals surface area contributed by atoms with Crippen molar-refractivity contribution >= 4 is 46.4 Å². The third-order valence-corrected chi connectivity index (χ3v) is 4.75. The van der Waals surface area contributed by atoms with Gasteiger partial charge in [-0.15, -0.1) is 0 Å². The van der Waals surface area contributed by atoms with Gasteiger partial charge in [0.15, 0.2) is 5.11 Å². The Kier molecular flexibility index (Phi) is 7.65. The summed E-state index contributed by atoms with van der Waals surface area (Å²) in [5, 5.41) is 7.46. The predicted octanol–water partition coefficient (Wildman–Crippen LogP) is 5.09. The van der Waals surface area contributed by atoms with Crippen molar-refractivity contribution < 1.29 is 4.39 Å². The zero-order valence-corrected chi connectivity index (χ0v) is 14.9. The average Bonchev–Trinajstić information content (AvgIpc) is 2.54. The summed E-state index contributed by atoms with van der Waals surface area (Å²) in [6.07, 6.45) is 0.996. The van der Waals surface area contributed by atoms with E-state index in [2.05, 4.69) is 10.6 Å². The van der Waals surface area contributed by atoms with Gasteiger partial charge in [-0.25, -0.2) is 4.39 Å². The molecular formula is C17H18ClFN2S2. The number of thioether (sulfide) groups is 1. The Morgan fingerprint density at radius 1 is 1.13 bits per heavy atom. The van der Waals surface area contributed by atoms with Gasteiger partial charge in [0.05, 0.1) is 10.7 Å². The third kappa shape index (κ3) is 6.77. The number of rotatable bonds is 7. The van der Waals surface area contributed by atoms with Gasteiger partial charge in [0.25, 0.3) is 0 Å². The molecule has 122 valence electrons. The standard InChI is InChI=1S/C17H18ClFN2S2/c18-15-4-1-2-5-16(15)21-17(22)20-10-3-11-23-12-13-6-8-14(19)9-7-13/h1-2,4-9H,3,10-12H2,(H2,20,21,22). The van der Waals surface area contributed by atoms with Crippen molar-refractivity contribution in [3.05, 3.63) is 64.9 Å². The number of benzene rings is 2. The molecule has 2 aromatic carbocycles. The van der Waals surface area contributed by atoms with Crippen LogP contribution in [0.15, 0.2) is 48.5 Å². The van der Waals surface area contributed by atoms with Crippen LogP contribution in [0.2, 0.25) is 5.02 Å². The molecule has 0 aromatic heterocycles. The van der Waals surface area contributed by atoms with E-state index in [4.69, 9.17) is 23.8 Å². The Labute approximate surface area is 150 Å². The lowest BCUT2D eigenvalue weighted by Gasteiger charge is -2.11. The summed E-state index contributed by atoms with van der Waals surface area (Å²) < 4.78 is 12.8. The molecule has 0 saturated heterocycles. The first kappa shape index (κ1) is 18.0. The summed E-state index contributed by atoms with van der Waals surface area (Å²) in [5.41, 5.74) is 1.94. The molecule has 0 aliphatic rings. The van der Waals surface area contributed by atoms with Crippen molar-refractivity contribution in [1.29, 1.82) is 0 Å². The summed E-state index contributed by atoms with van der Waals surface area (Å²) in [5.74, 6) is 1.71. The van der Waals surface area contributed by atoms with E-state index >= 15 is 0 Å². The second-order valence-electron chi connectivity index (χ2n) is 4.89. The zero-order valence-electron chi connectivity index (χ0n) is 12.5. The second-order valence-corrected chi connectivity index (χ2v) is 6.81. The van der Waals surface area contributed by atoms with Crippen LogP contribution in [0.1, 0.15) is 12.0 Å². The SMILES string of the molecule is Fc1ccc(CSCCCNC(=S)Nc2ccccc2Cl)cc1. The quantitative estimate of drug-likeness (QED) is 0.525. The lowest BCUT2D eigenvalue weighted by molar-refractivity contribution is 0.627. The largest absolute Gasteiger partial charge is 0.362 e. The smallest absolute Gasteiger partial charge is 0.170 e. The molecule has 0 aliphatic heterocycles. The van der Waals surface area contributed by atoms with Gasteiger partial charge in [0.2, 0.25) is 0 Å². The summed E-state index contributed by atoms with van der Waals surface area (Å²) >= 11 is 13.1. The third-order valence-electron chi connectivity index (χ3n) is 3.06. The molecule has 2 aromatic rings. The van der Waals surface area contributed by atoms with Gasteiger partial charge in [0.1, 0.15) is 5.82 Å². The lowest BCUT2D eigenvalue weighted by atomic mass is 10.2. The number of para-hydroxylation sites is 1. The minimum Gasteiger partial charge on any atom is -0.362 e. The molecule has 0 bridgehead atoms. The normalized spacial score (nSPS) is 10.3. The first-order valence-electron chi connectivity index (χ1n) is 7.27. The van der Waals surface area contributed by atoms with E-state index in [1.54, 1.807) is 0 Å². The summed E-state index contributed by atoms with van der Waals surface area (Å²) in [6, 6.07) is 14.1. The fourth-order valence-corrected chi connectivity index (χ4v) is 3.19. The second kappa shape index (κ2) is 9.75. The maximum atomic E-state index is 12.8. The maximum absolute atomic E-state index is 12.8. The van der Waals surface area contributed by atoms with Crippen molar-refractivity contribution in [3.8, 4) is 0 Å². The van der Waals surface area contributed by atoms with Crippen molar-refractivity contribution in [2.75, 3.05) is 17.6 Å². The molecule has 6 heteroatoms. The number of thiocarbonyl (C=S) groups is 1. The van der Waals surface area contributed by atoms with Gasteiger partial charge in [-0.1, -0.05) is 35.9 Å². The van der Waals surface area contributed by atoms with Crippen LogP contribution in [-0.4, -0.2) is 17.4 Å². The zero-order chi connectivity index (χ0) is 16.5. The Hall–Kier alpha value is -1.30. The summed E-state index contributed by atoms with van der Waals surface area (Å²) in [7, 11) is 0. The van der Waals surface area contributed by atoms with Gasteiger partial charge in [-0.2, -0.15) is 11.8 Å².